The molecule has 1 unspecified atom stereocenters. The van der Waals surface area contributed by atoms with Crippen molar-refractivity contribution in [1.82, 2.24) is 15.1 Å². The molecule has 2 aliphatic heterocycles. The van der Waals surface area contributed by atoms with Gasteiger partial charge in [-0.05, 0) is 41.9 Å². The number of piperazine rings is 1. The molecule has 12 heteroatoms. The first-order valence-corrected chi connectivity index (χ1v) is 12.2. The molecule has 37 heavy (non-hydrogen) atoms. The van der Waals surface area contributed by atoms with Crippen LogP contribution in [0.4, 0.5) is 18.9 Å². The highest BCUT2D eigenvalue weighted by molar-refractivity contribution is 6.30. The van der Waals surface area contributed by atoms with E-state index in [2.05, 4.69) is 15.5 Å². The van der Waals surface area contributed by atoms with E-state index >= 15 is 0 Å². The standard InChI is InChI=1S/C25H27ClF3N5O3/c1-2-33-7-9-34(10-8-33)14-21(36)32-24(16-3-5-17(26)6-4-16)22-18(25(27,28)29)11-15(13-20(30)35)12-19(22)31-23(24)37/h3-6,11-12H,2,7-10,13-14H2,1H3,(H2,30,35)(H,31,37)(H,32,36). The van der Waals surface area contributed by atoms with Crippen LogP contribution in [0.1, 0.15) is 29.2 Å². The number of nitrogens with two attached hydrogens (primary N) is 1. The molecule has 198 valence electrons. The number of nitrogens with zero attached hydrogens (tertiary/aromatic N) is 2. The number of hydrogen-bond donors (Lipinski definition) is 3. The Kier molecular flexibility index (Phi) is 7.50. The summed E-state index contributed by atoms with van der Waals surface area (Å²) in [6.45, 7) is 5.59. The van der Waals surface area contributed by atoms with Gasteiger partial charge in [0.1, 0.15) is 0 Å². The predicted octanol–water partition coefficient (Wildman–Crippen LogP) is 2.34. The number of nitrogens with one attached hydrogen (secondary N) is 2. The monoisotopic (exact) mass is 537 g/mol. The number of likely N-dealkylation sites (N-methyl/N-ethyl adjacent to an activating group) is 1. The second-order valence-electron chi connectivity index (χ2n) is 9.18. The van der Waals surface area contributed by atoms with Crippen LogP contribution in [0.15, 0.2) is 36.4 Å². The van der Waals surface area contributed by atoms with E-state index in [1.807, 2.05) is 11.8 Å². The van der Waals surface area contributed by atoms with Crippen molar-refractivity contribution in [3.63, 3.8) is 0 Å². The molecule has 0 aliphatic carbocycles. The fourth-order valence-electron chi connectivity index (χ4n) is 4.94. The summed E-state index contributed by atoms with van der Waals surface area (Å²) in [5, 5.41) is 5.44. The Hall–Kier alpha value is -3.15. The summed E-state index contributed by atoms with van der Waals surface area (Å²) < 4.78 is 43.2. The van der Waals surface area contributed by atoms with Gasteiger partial charge in [0.05, 0.1) is 18.5 Å². The van der Waals surface area contributed by atoms with Gasteiger partial charge in [-0.2, -0.15) is 13.2 Å². The molecule has 1 atom stereocenters. The van der Waals surface area contributed by atoms with Crippen LogP contribution >= 0.6 is 11.6 Å². The molecule has 2 aromatic carbocycles. The maximum atomic E-state index is 14.4. The van der Waals surface area contributed by atoms with Crippen molar-refractivity contribution in [2.45, 2.75) is 25.1 Å². The van der Waals surface area contributed by atoms with E-state index in [4.69, 9.17) is 17.3 Å². The molecule has 1 saturated heterocycles. The maximum Gasteiger partial charge on any atom is 0.416 e. The summed E-state index contributed by atoms with van der Waals surface area (Å²) in [5.41, 5.74) is 1.40. The van der Waals surface area contributed by atoms with Gasteiger partial charge in [-0.15, -0.1) is 0 Å². The molecule has 4 N–H and O–H groups in total. The molecule has 0 radical (unpaired) electrons. The normalized spacial score (nSPS) is 20.4. The molecule has 2 aliphatic rings. The van der Waals surface area contributed by atoms with E-state index < -0.39 is 47.0 Å². The number of fused-ring (bicyclic) bond motifs is 1. The topological polar surface area (TPSA) is 108 Å². The van der Waals surface area contributed by atoms with Crippen molar-refractivity contribution < 1.29 is 27.6 Å². The Labute approximate surface area is 216 Å². The quantitative estimate of drug-likeness (QED) is 0.502. The van der Waals surface area contributed by atoms with Crippen molar-refractivity contribution in [2.24, 2.45) is 5.73 Å². The molecule has 0 saturated carbocycles. The Bertz CT molecular complexity index is 1210. The first-order valence-electron chi connectivity index (χ1n) is 11.8. The van der Waals surface area contributed by atoms with E-state index in [9.17, 15) is 27.6 Å². The number of benzene rings is 2. The average Bonchev–Trinajstić information content (AvgIpc) is 3.09. The molecule has 8 nitrogen and oxygen atoms in total. The predicted molar refractivity (Wildman–Crippen MR) is 132 cm³/mol. The van der Waals surface area contributed by atoms with Crippen LogP contribution in [0.2, 0.25) is 5.02 Å². The maximum absolute atomic E-state index is 14.4. The third-order valence-electron chi connectivity index (χ3n) is 6.73. The lowest BCUT2D eigenvalue weighted by Gasteiger charge is -2.35. The van der Waals surface area contributed by atoms with Crippen LogP contribution in [0.25, 0.3) is 0 Å². The van der Waals surface area contributed by atoms with E-state index in [0.29, 0.717) is 18.1 Å². The average molecular weight is 538 g/mol. The molecular formula is C25H27ClF3N5O3. The van der Waals surface area contributed by atoms with Crippen LogP contribution in [0, 0.1) is 0 Å². The smallest absolute Gasteiger partial charge is 0.369 e. The highest BCUT2D eigenvalue weighted by Gasteiger charge is 2.54. The van der Waals surface area contributed by atoms with Crippen LogP contribution in [-0.2, 0) is 32.5 Å². The van der Waals surface area contributed by atoms with Crippen LogP contribution in [0.5, 0.6) is 0 Å². The van der Waals surface area contributed by atoms with Crippen molar-refractivity contribution in [2.75, 3.05) is 44.6 Å². The summed E-state index contributed by atoms with van der Waals surface area (Å²) in [5.74, 6) is -2.27. The number of amides is 3. The second-order valence-corrected chi connectivity index (χ2v) is 9.61. The number of carbonyl (C=O) groups excluding carboxylic acids is 3. The van der Waals surface area contributed by atoms with Crippen molar-refractivity contribution in [1.29, 1.82) is 0 Å². The number of rotatable bonds is 7. The second kappa shape index (κ2) is 10.3. The zero-order valence-corrected chi connectivity index (χ0v) is 20.9. The largest absolute Gasteiger partial charge is 0.416 e. The van der Waals surface area contributed by atoms with Crippen molar-refractivity contribution >= 4 is 35.0 Å². The van der Waals surface area contributed by atoms with Gasteiger partial charge in [-0.1, -0.05) is 30.7 Å². The van der Waals surface area contributed by atoms with Crippen LogP contribution < -0.4 is 16.4 Å². The van der Waals surface area contributed by atoms with E-state index in [0.717, 1.165) is 25.7 Å². The van der Waals surface area contributed by atoms with E-state index in [1.165, 1.54) is 30.3 Å². The minimum absolute atomic E-state index is 0.00842. The molecule has 0 aromatic heterocycles. The van der Waals surface area contributed by atoms with Gasteiger partial charge in [-0.25, -0.2) is 0 Å². The first kappa shape index (κ1) is 26.9. The molecule has 0 bridgehead atoms. The third-order valence-corrected chi connectivity index (χ3v) is 6.98. The van der Waals surface area contributed by atoms with Gasteiger partial charge in [0.15, 0.2) is 5.54 Å². The van der Waals surface area contributed by atoms with Gasteiger partial charge >= 0.3 is 6.18 Å². The fourth-order valence-corrected chi connectivity index (χ4v) is 5.07. The highest BCUT2D eigenvalue weighted by Crippen LogP contribution is 2.48. The number of alkyl halides is 3. The Morgan fingerprint density at radius 3 is 2.30 bits per heavy atom. The minimum Gasteiger partial charge on any atom is -0.369 e. The van der Waals surface area contributed by atoms with Gasteiger partial charge in [-0.3, -0.25) is 19.3 Å². The molecule has 1 fully saturated rings. The lowest BCUT2D eigenvalue weighted by molar-refractivity contribution is -0.140. The summed E-state index contributed by atoms with van der Waals surface area (Å²) in [6, 6.07) is 7.78. The fraction of sp³-hybridized carbons (Fsp3) is 0.400. The van der Waals surface area contributed by atoms with E-state index in [-0.39, 0.29) is 23.4 Å². The number of primary amides is 1. The third kappa shape index (κ3) is 5.43. The lowest BCUT2D eigenvalue weighted by Crippen LogP contribution is -2.56. The van der Waals surface area contributed by atoms with Crippen molar-refractivity contribution in [3.05, 3.63) is 63.7 Å². The SMILES string of the molecule is CCN1CCN(CC(=O)NC2(c3ccc(Cl)cc3)C(=O)Nc3cc(CC(N)=O)cc(C(F)(F)F)c32)CC1. The minimum atomic E-state index is -4.90. The molecule has 0 spiro atoms. The number of hydrogen-bond acceptors (Lipinski definition) is 5. The molecular weight excluding hydrogens is 511 g/mol. The van der Waals surface area contributed by atoms with Crippen LogP contribution in [-0.4, -0.2) is 66.8 Å². The highest BCUT2D eigenvalue weighted by atomic mass is 35.5. The summed E-state index contributed by atoms with van der Waals surface area (Å²) in [4.78, 5) is 42.3. The molecule has 2 heterocycles. The number of halogens is 4. The Morgan fingerprint density at radius 1 is 1.11 bits per heavy atom. The van der Waals surface area contributed by atoms with E-state index in [1.54, 1.807) is 0 Å². The molecule has 4 rings (SSSR count). The Balaban J connectivity index is 1.80. The zero-order valence-electron chi connectivity index (χ0n) is 20.1. The van der Waals surface area contributed by atoms with Gasteiger partial charge < -0.3 is 21.3 Å². The van der Waals surface area contributed by atoms with Gasteiger partial charge in [0.25, 0.3) is 5.91 Å². The lowest BCUT2D eigenvalue weighted by atomic mass is 9.80. The molecule has 3 amide bonds. The van der Waals surface area contributed by atoms with Gasteiger partial charge in [0, 0.05) is 42.5 Å². The number of anilines is 1. The van der Waals surface area contributed by atoms with Crippen molar-refractivity contribution in [3.8, 4) is 0 Å². The molecule has 2 aromatic rings. The summed E-state index contributed by atoms with van der Waals surface area (Å²) in [7, 11) is 0. The van der Waals surface area contributed by atoms with Gasteiger partial charge in [0.2, 0.25) is 11.8 Å². The Morgan fingerprint density at radius 2 is 1.73 bits per heavy atom. The first-order chi connectivity index (χ1) is 17.4. The van der Waals surface area contributed by atoms with Crippen LogP contribution in [0.3, 0.4) is 0 Å². The number of carbonyl (C=O) groups is 3. The summed E-state index contributed by atoms with van der Waals surface area (Å²) >= 11 is 6.01. The summed E-state index contributed by atoms with van der Waals surface area (Å²) in [6.07, 6.45) is -5.35. The zero-order chi connectivity index (χ0) is 27.0.